The Morgan fingerprint density at radius 3 is 1.49 bits per heavy atom. The SMILES string of the molecule is Cc1ccccc1C1c2ccc(N3C4CCC3CC4)cc2Oc2cc(N3C4CCC3CC4)ccc21. The number of aryl methyl sites for hydroxylation is 1. The van der Waals surface area contributed by atoms with E-state index in [0.717, 1.165) is 35.7 Å². The van der Waals surface area contributed by atoms with Crippen molar-refractivity contribution in [1.82, 2.24) is 0 Å². The minimum atomic E-state index is 0.212. The Hall–Kier alpha value is -2.94. The van der Waals surface area contributed by atoms with Crippen molar-refractivity contribution in [2.45, 2.75) is 88.4 Å². The lowest BCUT2D eigenvalue weighted by molar-refractivity contribution is 0.452. The second kappa shape index (κ2) is 7.53. The summed E-state index contributed by atoms with van der Waals surface area (Å²) in [6, 6.07) is 25.9. The lowest BCUT2D eigenvalue weighted by Gasteiger charge is -2.33. The number of anilines is 2. The van der Waals surface area contributed by atoms with E-state index in [1.807, 2.05) is 0 Å². The summed E-state index contributed by atoms with van der Waals surface area (Å²) >= 11 is 0. The molecule has 4 saturated heterocycles. The number of hydrogen-bond acceptors (Lipinski definition) is 3. The van der Waals surface area contributed by atoms with Crippen LogP contribution >= 0.6 is 0 Å². The minimum Gasteiger partial charge on any atom is -0.457 e. The Bertz CT molecular complexity index is 1200. The maximum atomic E-state index is 6.80. The van der Waals surface area contributed by atoms with Crippen molar-refractivity contribution in [3.05, 3.63) is 82.9 Å². The van der Waals surface area contributed by atoms with Crippen molar-refractivity contribution in [2.75, 3.05) is 9.80 Å². The summed E-state index contributed by atoms with van der Waals surface area (Å²) in [5, 5.41) is 0. The Balaban J connectivity index is 1.25. The maximum Gasteiger partial charge on any atom is 0.133 e. The zero-order valence-corrected chi connectivity index (χ0v) is 20.6. The molecule has 35 heavy (non-hydrogen) atoms. The molecule has 4 bridgehead atoms. The van der Waals surface area contributed by atoms with Crippen LogP contribution in [0.1, 0.15) is 79.5 Å². The molecule has 0 atom stereocenters. The summed E-state index contributed by atoms with van der Waals surface area (Å²) in [6.45, 7) is 2.25. The van der Waals surface area contributed by atoms with Gasteiger partial charge in [-0.2, -0.15) is 0 Å². The first-order chi connectivity index (χ1) is 17.2. The fourth-order valence-electron chi connectivity index (χ4n) is 8.22. The highest BCUT2D eigenvalue weighted by molar-refractivity contribution is 5.68. The summed E-state index contributed by atoms with van der Waals surface area (Å²) in [7, 11) is 0. The monoisotopic (exact) mass is 462 g/mol. The normalized spacial score (nSPS) is 29.9. The van der Waals surface area contributed by atoms with Crippen LogP contribution < -0.4 is 14.5 Å². The molecule has 0 aliphatic carbocycles. The van der Waals surface area contributed by atoms with E-state index in [9.17, 15) is 0 Å². The summed E-state index contributed by atoms with van der Waals surface area (Å²) in [4.78, 5) is 5.39. The number of ether oxygens (including phenoxy) is 1. The molecule has 5 aliphatic heterocycles. The molecule has 0 radical (unpaired) electrons. The number of rotatable bonds is 3. The van der Waals surface area contributed by atoms with Crippen LogP contribution in [-0.2, 0) is 0 Å². The van der Waals surface area contributed by atoms with Crippen LogP contribution in [-0.4, -0.2) is 24.2 Å². The fourth-order valence-corrected chi connectivity index (χ4v) is 8.22. The fraction of sp³-hybridized carbons (Fsp3) is 0.438. The number of fused-ring (bicyclic) bond motifs is 6. The predicted molar refractivity (Wildman–Crippen MR) is 142 cm³/mol. The first-order valence-electron chi connectivity index (χ1n) is 13.8. The summed E-state index contributed by atoms with van der Waals surface area (Å²) in [5.41, 5.74) is 8.05. The van der Waals surface area contributed by atoms with E-state index in [1.54, 1.807) is 0 Å². The smallest absolute Gasteiger partial charge is 0.133 e. The van der Waals surface area contributed by atoms with Gasteiger partial charge in [0.25, 0.3) is 0 Å². The molecule has 3 aromatic carbocycles. The third-order valence-electron chi connectivity index (χ3n) is 9.84. The van der Waals surface area contributed by atoms with Crippen LogP contribution in [0.2, 0.25) is 0 Å². The Labute approximate surface area is 208 Å². The molecule has 3 heteroatoms. The van der Waals surface area contributed by atoms with Crippen molar-refractivity contribution in [1.29, 1.82) is 0 Å². The second-order valence-electron chi connectivity index (χ2n) is 11.6. The third-order valence-corrected chi connectivity index (χ3v) is 9.84. The van der Waals surface area contributed by atoms with Crippen molar-refractivity contribution >= 4 is 11.4 Å². The highest BCUT2D eigenvalue weighted by Gasteiger charge is 2.41. The maximum absolute atomic E-state index is 6.80. The molecular weight excluding hydrogens is 428 g/mol. The van der Waals surface area contributed by atoms with E-state index >= 15 is 0 Å². The molecule has 178 valence electrons. The summed E-state index contributed by atoms with van der Waals surface area (Å²) in [6.07, 6.45) is 10.8. The number of nitrogens with zero attached hydrogens (tertiary/aromatic N) is 2. The van der Waals surface area contributed by atoms with Gasteiger partial charge in [-0.25, -0.2) is 0 Å². The van der Waals surface area contributed by atoms with Crippen LogP contribution in [0.4, 0.5) is 11.4 Å². The molecule has 3 nitrogen and oxygen atoms in total. The van der Waals surface area contributed by atoms with E-state index in [2.05, 4.69) is 77.4 Å². The molecule has 5 heterocycles. The quantitative estimate of drug-likeness (QED) is 0.313. The van der Waals surface area contributed by atoms with Gasteiger partial charge >= 0.3 is 0 Å². The van der Waals surface area contributed by atoms with Crippen molar-refractivity contribution in [3.8, 4) is 11.5 Å². The number of hydrogen-bond donors (Lipinski definition) is 0. The van der Waals surface area contributed by atoms with Crippen LogP contribution in [0.3, 0.4) is 0 Å². The molecule has 0 saturated carbocycles. The largest absolute Gasteiger partial charge is 0.457 e. The average molecular weight is 463 g/mol. The van der Waals surface area contributed by atoms with Crippen LogP contribution in [0.5, 0.6) is 11.5 Å². The van der Waals surface area contributed by atoms with Crippen molar-refractivity contribution in [3.63, 3.8) is 0 Å². The van der Waals surface area contributed by atoms with E-state index in [1.165, 1.54) is 85.0 Å². The van der Waals surface area contributed by atoms with E-state index in [0.29, 0.717) is 0 Å². The van der Waals surface area contributed by atoms with Gasteiger partial charge in [-0.1, -0.05) is 36.4 Å². The zero-order valence-electron chi connectivity index (χ0n) is 20.6. The molecular formula is C32H34N2O. The first kappa shape index (κ1) is 20.3. The van der Waals surface area contributed by atoms with Gasteiger partial charge in [-0.3, -0.25) is 0 Å². The molecule has 0 unspecified atom stereocenters. The highest BCUT2D eigenvalue weighted by Crippen LogP contribution is 2.52. The Kier molecular flexibility index (Phi) is 4.36. The van der Waals surface area contributed by atoms with Gasteiger partial charge in [0.2, 0.25) is 0 Å². The highest BCUT2D eigenvalue weighted by atomic mass is 16.5. The van der Waals surface area contributed by atoms with Crippen LogP contribution in [0, 0.1) is 6.92 Å². The van der Waals surface area contributed by atoms with Gasteiger partial charge in [0, 0.05) is 64.7 Å². The standard InChI is InChI=1S/C32H34N2O/c1-20-4-2-3-5-27(20)32-28-16-14-25(33-21-6-7-22(33)9-8-21)18-30(28)35-31-19-26(15-17-29(31)32)34-23-10-11-24(34)13-12-23/h2-5,14-19,21-24,32H,6-13H2,1H3. The molecule has 0 aromatic heterocycles. The zero-order chi connectivity index (χ0) is 23.1. The van der Waals surface area contributed by atoms with Gasteiger partial charge in [0.1, 0.15) is 11.5 Å². The minimum absolute atomic E-state index is 0.212. The number of benzene rings is 3. The molecule has 5 aliphatic rings. The molecule has 8 rings (SSSR count). The lowest BCUT2D eigenvalue weighted by Crippen LogP contribution is -2.28. The van der Waals surface area contributed by atoms with Crippen molar-refractivity contribution < 1.29 is 4.74 Å². The van der Waals surface area contributed by atoms with Crippen LogP contribution in [0.15, 0.2) is 60.7 Å². The molecule has 0 spiro atoms. The van der Waals surface area contributed by atoms with Gasteiger partial charge in [0.15, 0.2) is 0 Å². The molecule has 0 amide bonds. The average Bonchev–Trinajstić information content (AvgIpc) is 3.68. The topological polar surface area (TPSA) is 15.7 Å². The third kappa shape index (κ3) is 2.96. The van der Waals surface area contributed by atoms with Gasteiger partial charge < -0.3 is 14.5 Å². The Morgan fingerprint density at radius 1 is 0.571 bits per heavy atom. The van der Waals surface area contributed by atoms with Gasteiger partial charge in [-0.15, -0.1) is 0 Å². The summed E-state index contributed by atoms with van der Waals surface area (Å²) in [5.74, 6) is 2.32. The van der Waals surface area contributed by atoms with Crippen molar-refractivity contribution in [2.24, 2.45) is 0 Å². The molecule has 3 aromatic rings. The first-order valence-corrected chi connectivity index (χ1v) is 13.8. The van der Waals surface area contributed by atoms with E-state index in [4.69, 9.17) is 4.74 Å². The van der Waals surface area contributed by atoms with E-state index in [-0.39, 0.29) is 5.92 Å². The molecule has 0 N–H and O–H groups in total. The van der Waals surface area contributed by atoms with E-state index < -0.39 is 0 Å². The second-order valence-corrected chi connectivity index (χ2v) is 11.6. The van der Waals surface area contributed by atoms with Gasteiger partial charge in [-0.05, 0) is 81.5 Å². The Morgan fingerprint density at radius 2 is 1.03 bits per heavy atom. The summed E-state index contributed by atoms with van der Waals surface area (Å²) < 4.78 is 6.80. The predicted octanol–water partition coefficient (Wildman–Crippen LogP) is 7.54. The molecule has 4 fully saturated rings. The van der Waals surface area contributed by atoms with Gasteiger partial charge in [0.05, 0.1) is 0 Å². The van der Waals surface area contributed by atoms with Crippen LogP contribution in [0.25, 0.3) is 0 Å². The lowest BCUT2D eigenvalue weighted by atomic mass is 9.80.